The van der Waals surface area contributed by atoms with E-state index in [2.05, 4.69) is 10.6 Å². The Hall–Kier alpha value is -0.810. The molecule has 22 heavy (non-hydrogen) atoms. The Balaban J connectivity index is 1.45. The first kappa shape index (κ1) is 16.1. The average molecular weight is 309 g/mol. The van der Waals surface area contributed by atoms with Gasteiger partial charge < -0.3 is 20.3 Å². The Morgan fingerprint density at radius 2 is 1.91 bits per heavy atom. The number of likely N-dealkylation sites (tertiary alicyclic amines) is 1. The van der Waals surface area contributed by atoms with Crippen LogP contribution >= 0.6 is 0 Å². The minimum atomic E-state index is -0.403. The highest BCUT2D eigenvalue weighted by Gasteiger charge is 2.50. The zero-order chi connectivity index (χ0) is 15.8. The smallest absolute Gasteiger partial charge is 0.410 e. The highest BCUT2D eigenvalue weighted by Crippen LogP contribution is 2.45. The Labute approximate surface area is 134 Å². The maximum Gasteiger partial charge on any atom is 0.410 e. The topological polar surface area (TPSA) is 53.6 Å². The van der Waals surface area contributed by atoms with Gasteiger partial charge in [-0.2, -0.15) is 0 Å². The molecular weight excluding hydrogens is 278 g/mol. The first-order chi connectivity index (χ1) is 10.4. The van der Waals surface area contributed by atoms with Crippen molar-refractivity contribution in [3.63, 3.8) is 0 Å². The van der Waals surface area contributed by atoms with Crippen molar-refractivity contribution in [2.24, 2.45) is 5.92 Å². The van der Waals surface area contributed by atoms with Crippen molar-refractivity contribution in [2.75, 3.05) is 26.2 Å². The van der Waals surface area contributed by atoms with Gasteiger partial charge in [-0.15, -0.1) is 0 Å². The van der Waals surface area contributed by atoms with Gasteiger partial charge >= 0.3 is 6.09 Å². The van der Waals surface area contributed by atoms with Gasteiger partial charge in [0.15, 0.2) is 0 Å². The lowest BCUT2D eigenvalue weighted by atomic mass is 9.93. The van der Waals surface area contributed by atoms with Crippen molar-refractivity contribution >= 4 is 6.09 Å². The van der Waals surface area contributed by atoms with Crippen LogP contribution in [0.25, 0.3) is 0 Å². The molecule has 0 bridgehead atoms. The molecule has 0 radical (unpaired) electrons. The molecule has 0 spiro atoms. The molecule has 0 aromatic rings. The lowest BCUT2D eigenvalue weighted by Gasteiger charge is -2.36. The summed E-state index contributed by atoms with van der Waals surface area (Å²) in [6.07, 6.45) is 5.88. The van der Waals surface area contributed by atoms with Crippen LogP contribution in [0.4, 0.5) is 4.79 Å². The van der Waals surface area contributed by atoms with Gasteiger partial charge in [0.2, 0.25) is 0 Å². The van der Waals surface area contributed by atoms with Crippen LogP contribution in [0, 0.1) is 5.92 Å². The number of carbonyl (C=O) groups is 1. The summed E-state index contributed by atoms with van der Waals surface area (Å²) in [6.45, 7) is 9.73. The van der Waals surface area contributed by atoms with Gasteiger partial charge in [-0.05, 0) is 71.9 Å². The molecule has 2 N–H and O–H groups in total. The number of piperidine rings is 1. The summed E-state index contributed by atoms with van der Waals surface area (Å²) in [6, 6.07) is 0.557. The molecule has 1 aliphatic carbocycles. The molecule has 3 rings (SSSR count). The summed E-state index contributed by atoms with van der Waals surface area (Å²) in [4.78, 5) is 14.0. The molecule has 126 valence electrons. The van der Waals surface area contributed by atoms with Crippen molar-refractivity contribution < 1.29 is 9.53 Å². The number of rotatable bonds is 3. The van der Waals surface area contributed by atoms with Gasteiger partial charge in [-0.1, -0.05) is 0 Å². The van der Waals surface area contributed by atoms with Crippen LogP contribution in [-0.4, -0.2) is 54.4 Å². The maximum absolute atomic E-state index is 12.1. The number of hydrogen-bond acceptors (Lipinski definition) is 4. The highest BCUT2D eigenvalue weighted by molar-refractivity contribution is 5.68. The molecule has 1 unspecified atom stereocenters. The summed E-state index contributed by atoms with van der Waals surface area (Å²) in [5.41, 5.74) is 0.00197. The van der Waals surface area contributed by atoms with Crippen molar-refractivity contribution in [2.45, 2.75) is 70.1 Å². The standard InChI is InChI=1S/C17H31N3O2/c1-16(2,3)22-15(21)20-10-5-14(6-11-20)19-17(7-8-17)13-4-9-18-12-13/h13-14,18-19H,4-12H2,1-3H3. The van der Waals surface area contributed by atoms with E-state index in [0.29, 0.717) is 11.6 Å². The van der Waals surface area contributed by atoms with E-state index in [1.165, 1.54) is 32.4 Å². The van der Waals surface area contributed by atoms with Gasteiger partial charge in [-0.25, -0.2) is 4.79 Å². The van der Waals surface area contributed by atoms with Crippen LogP contribution in [0.15, 0.2) is 0 Å². The molecule has 0 aromatic carbocycles. The summed E-state index contributed by atoms with van der Waals surface area (Å²) < 4.78 is 5.47. The van der Waals surface area contributed by atoms with E-state index in [1.807, 2.05) is 25.7 Å². The molecule has 1 atom stereocenters. The minimum absolute atomic E-state index is 0.160. The van der Waals surface area contributed by atoms with Gasteiger partial charge in [0, 0.05) is 24.7 Å². The number of nitrogens with zero attached hydrogens (tertiary/aromatic N) is 1. The number of ether oxygens (including phenoxy) is 1. The molecule has 1 amide bonds. The van der Waals surface area contributed by atoms with Crippen LogP contribution in [0.2, 0.25) is 0 Å². The fourth-order valence-electron chi connectivity index (χ4n) is 3.87. The fraction of sp³-hybridized carbons (Fsp3) is 0.941. The summed E-state index contributed by atoms with van der Waals surface area (Å²) in [5, 5.41) is 7.43. The minimum Gasteiger partial charge on any atom is -0.444 e. The quantitative estimate of drug-likeness (QED) is 0.838. The Kier molecular flexibility index (Phi) is 4.38. The van der Waals surface area contributed by atoms with Crippen molar-refractivity contribution in [3.05, 3.63) is 0 Å². The first-order valence-corrected chi connectivity index (χ1v) is 8.84. The van der Waals surface area contributed by atoms with E-state index in [4.69, 9.17) is 4.74 Å². The third kappa shape index (κ3) is 3.74. The SMILES string of the molecule is CC(C)(C)OC(=O)N1CCC(NC2(C3CCNC3)CC2)CC1. The third-order valence-corrected chi connectivity index (χ3v) is 5.27. The zero-order valence-corrected chi connectivity index (χ0v) is 14.3. The van der Waals surface area contributed by atoms with E-state index in [0.717, 1.165) is 31.8 Å². The largest absolute Gasteiger partial charge is 0.444 e. The van der Waals surface area contributed by atoms with E-state index in [1.54, 1.807) is 0 Å². The summed E-state index contributed by atoms with van der Waals surface area (Å²) in [5.74, 6) is 0.802. The Morgan fingerprint density at radius 1 is 1.23 bits per heavy atom. The van der Waals surface area contributed by atoms with Crippen LogP contribution in [0.5, 0.6) is 0 Å². The second-order valence-electron chi connectivity index (χ2n) is 8.23. The number of amides is 1. The van der Waals surface area contributed by atoms with Crippen LogP contribution in [0.3, 0.4) is 0 Å². The number of nitrogens with one attached hydrogen (secondary N) is 2. The third-order valence-electron chi connectivity index (χ3n) is 5.27. The Morgan fingerprint density at radius 3 is 2.41 bits per heavy atom. The fourth-order valence-corrected chi connectivity index (χ4v) is 3.87. The van der Waals surface area contributed by atoms with E-state index < -0.39 is 5.60 Å². The van der Waals surface area contributed by atoms with Gasteiger partial charge in [0.25, 0.3) is 0 Å². The van der Waals surface area contributed by atoms with Gasteiger partial charge in [0.1, 0.15) is 5.60 Å². The number of carbonyl (C=O) groups excluding carboxylic acids is 1. The molecule has 2 aliphatic heterocycles. The predicted octanol–water partition coefficient (Wildman–Crippen LogP) is 2.12. The monoisotopic (exact) mass is 309 g/mol. The van der Waals surface area contributed by atoms with Gasteiger partial charge in [0.05, 0.1) is 0 Å². The number of hydrogen-bond donors (Lipinski definition) is 2. The molecule has 3 fully saturated rings. The summed E-state index contributed by atoms with van der Waals surface area (Å²) in [7, 11) is 0. The molecule has 1 saturated carbocycles. The van der Waals surface area contributed by atoms with Crippen LogP contribution < -0.4 is 10.6 Å². The van der Waals surface area contributed by atoms with Crippen LogP contribution in [0.1, 0.15) is 52.9 Å². The first-order valence-electron chi connectivity index (χ1n) is 8.84. The van der Waals surface area contributed by atoms with E-state index >= 15 is 0 Å². The zero-order valence-electron chi connectivity index (χ0n) is 14.3. The molecule has 5 heteroatoms. The molecule has 5 nitrogen and oxygen atoms in total. The summed E-state index contributed by atoms with van der Waals surface area (Å²) >= 11 is 0. The van der Waals surface area contributed by atoms with Gasteiger partial charge in [-0.3, -0.25) is 0 Å². The predicted molar refractivity (Wildman–Crippen MR) is 86.9 cm³/mol. The van der Waals surface area contributed by atoms with Crippen LogP contribution in [-0.2, 0) is 4.74 Å². The van der Waals surface area contributed by atoms with Crippen molar-refractivity contribution in [1.29, 1.82) is 0 Å². The van der Waals surface area contributed by atoms with E-state index in [9.17, 15) is 4.79 Å². The lowest BCUT2D eigenvalue weighted by Crippen LogP contribution is -2.51. The molecule has 3 aliphatic rings. The van der Waals surface area contributed by atoms with E-state index in [-0.39, 0.29) is 6.09 Å². The molecule has 0 aromatic heterocycles. The lowest BCUT2D eigenvalue weighted by molar-refractivity contribution is 0.0192. The molecule has 2 saturated heterocycles. The molecule has 2 heterocycles. The second kappa shape index (κ2) is 6.00. The van der Waals surface area contributed by atoms with Crippen molar-refractivity contribution in [1.82, 2.24) is 15.5 Å². The average Bonchev–Trinajstić information content (AvgIpc) is 3.01. The maximum atomic E-state index is 12.1. The second-order valence-corrected chi connectivity index (χ2v) is 8.23. The Bertz CT molecular complexity index is 401. The molecular formula is C17H31N3O2. The van der Waals surface area contributed by atoms with Crippen molar-refractivity contribution in [3.8, 4) is 0 Å². The normalized spacial score (nSPS) is 28.7. The highest BCUT2D eigenvalue weighted by atomic mass is 16.6.